The minimum absolute atomic E-state index is 0.144. The van der Waals surface area contributed by atoms with E-state index in [1.165, 1.54) is 25.1 Å². The van der Waals surface area contributed by atoms with E-state index in [0.717, 1.165) is 4.73 Å². The molecule has 0 fully saturated rings. The van der Waals surface area contributed by atoms with Gasteiger partial charge in [0.25, 0.3) is 5.69 Å². The highest BCUT2D eigenvalue weighted by Crippen LogP contribution is 2.30. The summed E-state index contributed by atoms with van der Waals surface area (Å²) >= 11 is 0. The fourth-order valence-electron chi connectivity index (χ4n) is 2.32. The SMILES string of the molecule is CC(=O)Nc1ccccc1-c1nc2ccc([N+](=O)[O-])cc2n1O. The van der Waals surface area contributed by atoms with Crippen LogP contribution in [0.25, 0.3) is 22.4 Å². The number of para-hydroxylation sites is 1. The largest absolute Gasteiger partial charge is 0.426 e. The van der Waals surface area contributed by atoms with Gasteiger partial charge in [0.05, 0.1) is 16.1 Å². The van der Waals surface area contributed by atoms with Crippen LogP contribution in [-0.4, -0.2) is 25.8 Å². The minimum Gasteiger partial charge on any atom is -0.426 e. The Kier molecular flexibility index (Phi) is 3.41. The molecule has 1 heterocycles. The van der Waals surface area contributed by atoms with Gasteiger partial charge >= 0.3 is 0 Å². The molecule has 0 unspecified atom stereocenters. The summed E-state index contributed by atoms with van der Waals surface area (Å²) in [6.45, 7) is 1.38. The number of anilines is 1. The fourth-order valence-corrected chi connectivity index (χ4v) is 2.32. The number of amides is 1. The Bertz CT molecular complexity index is 932. The van der Waals surface area contributed by atoms with Crippen molar-refractivity contribution in [3.63, 3.8) is 0 Å². The second-order valence-electron chi connectivity index (χ2n) is 4.90. The first-order valence-corrected chi connectivity index (χ1v) is 6.70. The zero-order valence-corrected chi connectivity index (χ0v) is 12.1. The average Bonchev–Trinajstić information content (AvgIpc) is 2.84. The van der Waals surface area contributed by atoms with Gasteiger partial charge in [-0.15, -0.1) is 0 Å². The van der Waals surface area contributed by atoms with Gasteiger partial charge in [-0.05, 0) is 18.2 Å². The molecule has 3 aromatic rings. The highest BCUT2D eigenvalue weighted by atomic mass is 16.6. The summed E-state index contributed by atoms with van der Waals surface area (Å²) in [5.74, 6) is -0.0708. The number of non-ortho nitro benzene ring substituents is 1. The summed E-state index contributed by atoms with van der Waals surface area (Å²) in [6, 6.07) is 10.9. The monoisotopic (exact) mass is 312 g/mol. The average molecular weight is 312 g/mol. The van der Waals surface area contributed by atoms with Crippen LogP contribution in [0.3, 0.4) is 0 Å². The van der Waals surface area contributed by atoms with Gasteiger partial charge in [-0.2, -0.15) is 4.73 Å². The van der Waals surface area contributed by atoms with Crippen molar-refractivity contribution in [1.82, 2.24) is 9.71 Å². The van der Waals surface area contributed by atoms with Crippen molar-refractivity contribution in [2.24, 2.45) is 0 Å². The first-order chi connectivity index (χ1) is 11.0. The number of benzene rings is 2. The van der Waals surface area contributed by atoms with E-state index in [9.17, 15) is 20.1 Å². The van der Waals surface area contributed by atoms with E-state index in [0.29, 0.717) is 16.8 Å². The Labute approximate surface area is 130 Å². The maximum Gasteiger partial charge on any atom is 0.271 e. The van der Waals surface area contributed by atoms with E-state index < -0.39 is 4.92 Å². The molecule has 3 rings (SSSR count). The topological polar surface area (TPSA) is 110 Å². The van der Waals surface area contributed by atoms with E-state index in [1.54, 1.807) is 24.3 Å². The predicted octanol–water partition coefficient (Wildman–Crippen LogP) is 2.81. The van der Waals surface area contributed by atoms with Gasteiger partial charge in [-0.25, -0.2) is 4.98 Å². The summed E-state index contributed by atoms with van der Waals surface area (Å²) in [5, 5.41) is 23.8. The maximum atomic E-state index is 11.3. The summed E-state index contributed by atoms with van der Waals surface area (Å²) in [4.78, 5) is 25.9. The molecule has 8 nitrogen and oxygen atoms in total. The van der Waals surface area contributed by atoms with Crippen LogP contribution in [0.2, 0.25) is 0 Å². The number of rotatable bonds is 3. The lowest BCUT2D eigenvalue weighted by Crippen LogP contribution is -2.07. The van der Waals surface area contributed by atoms with Gasteiger partial charge in [-0.3, -0.25) is 14.9 Å². The standard InChI is InChI=1S/C15H12N4O4/c1-9(20)16-12-5-3-2-4-11(12)15-17-13-7-6-10(19(22)23)8-14(13)18(15)21/h2-8,21H,1H3,(H,16,20). The molecule has 2 N–H and O–H groups in total. The molecule has 2 aromatic carbocycles. The molecule has 0 aliphatic heterocycles. The molecule has 0 saturated carbocycles. The Balaban J connectivity index is 2.20. The van der Waals surface area contributed by atoms with E-state index >= 15 is 0 Å². The van der Waals surface area contributed by atoms with Crippen molar-refractivity contribution < 1.29 is 14.9 Å². The quantitative estimate of drug-likeness (QED) is 0.439. The van der Waals surface area contributed by atoms with Gasteiger partial charge in [0, 0.05) is 24.6 Å². The van der Waals surface area contributed by atoms with Crippen LogP contribution in [0.1, 0.15) is 6.92 Å². The zero-order chi connectivity index (χ0) is 16.6. The second-order valence-corrected chi connectivity index (χ2v) is 4.90. The predicted molar refractivity (Wildman–Crippen MR) is 83.3 cm³/mol. The molecule has 0 atom stereocenters. The number of nitrogens with one attached hydrogen (secondary N) is 1. The third-order valence-corrected chi connectivity index (χ3v) is 3.30. The molecular weight excluding hydrogens is 300 g/mol. The Morgan fingerprint density at radius 3 is 2.74 bits per heavy atom. The van der Waals surface area contributed by atoms with Crippen LogP contribution < -0.4 is 5.32 Å². The molecule has 0 saturated heterocycles. The number of hydrogen-bond acceptors (Lipinski definition) is 5. The molecule has 116 valence electrons. The molecule has 0 spiro atoms. The number of nitro groups is 1. The molecule has 1 amide bonds. The number of hydrogen-bond donors (Lipinski definition) is 2. The van der Waals surface area contributed by atoms with Crippen molar-refractivity contribution in [2.75, 3.05) is 5.32 Å². The molecule has 0 bridgehead atoms. The number of nitrogens with zero attached hydrogens (tertiary/aromatic N) is 3. The van der Waals surface area contributed by atoms with Crippen LogP contribution in [-0.2, 0) is 4.79 Å². The summed E-state index contributed by atoms with van der Waals surface area (Å²) < 4.78 is 0.781. The molecule has 0 aliphatic rings. The van der Waals surface area contributed by atoms with Crippen LogP contribution in [0.5, 0.6) is 0 Å². The molecular formula is C15H12N4O4. The van der Waals surface area contributed by atoms with Gasteiger partial charge in [0.2, 0.25) is 5.91 Å². The first kappa shape index (κ1) is 14.5. The van der Waals surface area contributed by atoms with Gasteiger partial charge in [0.1, 0.15) is 5.52 Å². The van der Waals surface area contributed by atoms with Gasteiger partial charge < -0.3 is 10.5 Å². The summed E-state index contributed by atoms with van der Waals surface area (Å²) in [5.41, 5.74) is 1.47. The lowest BCUT2D eigenvalue weighted by molar-refractivity contribution is -0.384. The van der Waals surface area contributed by atoms with Crippen LogP contribution >= 0.6 is 0 Å². The van der Waals surface area contributed by atoms with E-state index in [4.69, 9.17) is 0 Å². The maximum absolute atomic E-state index is 11.3. The van der Waals surface area contributed by atoms with Crippen LogP contribution in [0.4, 0.5) is 11.4 Å². The van der Waals surface area contributed by atoms with Gasteiger partial charge in [-0.1, -0.05) is 12.1 Å². The fraction of sp³-hybridized carbons (Fsp3) is 0.0667. The van der Waals surface area contributed by atoms with Crippen molar-refractivity contribution in [1.29, 1.82) is 0 Å². The van der Waals surface area contributed by atoms with Crippen molar-refractivity contribution in [3.05, 3.63) is 52.6 Å². The second kappa shape index (κ2) is 5.41. The normalized spacial score (nSPS) is 10.7. The van der Waals surface area contributed by atoms with E-state index in [2.05, 4.69) is 10.3 Å². The zero-order valence-electron chi connectivity index (χ0n) is 12.1. The van der Waals surface area contributed by atoms with Crippen LogP contribution in [0.15, 0.2) is 42.5 Å². The van der Waals surface area contributed by atoms with Crippen molar-refractivity contribution in [2.45, 2.75) is 6.92 Å². The minimum atomic E-state index is -0.544. The third kappa shape index (κ3) is 2.57. The molecule has 0 radical (unpaired) electrons. The first-order valence-electron chi connectivity index (χ1n) is 6.70. The van der Waals surface area contributed by atoms with Gasteiger partial charge in [0.15, 0.2) is 5.82 Å². The summed E-state index contributed by atoms with van der Waals surface area (Å²) in [7, 11) is 0. The lowest BCUT2D eigenvalue weighted by Gasteiger charge is -2.08. The number of fused-ring (bicyclic) bond motifs is 1. The highest BCUT2D eigenvalue weighted by Gasteiger charge is 2.18. The Hall–Kier alpha value is -3.42. The number of nitro benzene ring substituents is 1. The highest BCUT2D eigenvalue weighted by molar-refractivity contribution is 5.94. The number of carbonyl (C=O) groups excluding carboxylic acids is 1. The van der Waals surface area contributed by atoms with E-state index in [-0.39, 0.29) is 22.9 Å². The van der Waals surface area contributed by atoms with Crippen LogP contribution in [0, 0.1) is 10.1 Å². The molecule has 0 aliphatic carbocycles. The van der Waals surface area contributed by atoms with Crippen molar-refractivity contribution >= 4 is 28.3 Å². The lowest BCUT2D eigenvalue weighted by atomic mass is 10.1. The Morgan fingerprint density at radius 2 is 2.04 bits per heavy atom. The number of carbonyl (C=O) groups is 1. The van der Waals surface area contributed by atoms with E-state index in [1.807, 2.05) is 0 Å². The Morgan fingerprint density at radius 1 is 1.30 bits per heavy atom. The van der Waals surface area contributed by atoms with Crippen molar-refractivity contribution in [3.8, 4) is 11.4 Å². The summed E-state index contributed by atoms with van der Waals surface area (Å²) in [6.07, 6.45) is 0. The third-order valence-electron chi connectivity index (χ3n) is 3.30. The molecule has 1 aromatic heterocycles. The smallest absolute Gasteiger partial charge is 0.271 e. The molecule has 8 heteroatoms. The number of imidazole rings is 1. The number of aromatic nitrogens is 2. The molecule has 23 heavy (non-hydrogen) atoms.